The molecule has 18 heavy (non-hydrogen) atoms. The van der Waals surface area contributed by atoms with E-state index in [1.54, 1.807) is 14.2 Å². The van der Waals surface area contributed by atoms with Crippen LogP contribution in [0.25, 0.3) is 0 Å². The van der Waals surface area contributed by atoms with E-state index < -0.39 is 5.79 Å². The molecule has 2 aliphatic rings. The highest BCUT2D eigenvalue weighted by atomic mass is 16.7. The molecule has 2 N–H and O–H groups in total. The Labute approximate surface area is 109 Å². The predicted molar refractivity (Wildman–Crippen MR) is 68.1 cm³/mol. The van der Waals surface area contributed by atoms with Crippen LogP contribution in [-0.2, 0) is 9.47 Å². The summed E-state index contributed by atoms with van der Waals surface area (Å²) in [5.41, 5.74) is 1.98. The minimum atomic E-state index is -0.588. The van der Waals surface area contributed by atoms with Crippen molar-refractivity contribution in [2.24, 2.45) is 5.41 Å². The van der Waals surface area contributed by atoms with Gasteiger partial charge in [-0.05, 0) is 31.8 Å². The molecule has 2 rings (SSSR count). The lowest BCUT2D eigenvalue weighted by Gasteiger charge is -2.50. The Balaban J connectivity index is 2.37. The number of rotatable bonds is 3. The zero-order valence-electron chi connectivity index (χ0n) is 11.5. The van der Waals surface area contributed by atoms with E-state index in [0.717, 1.165) is 24.8 Å². The van der Waals surface area contributed by atoms with Crippen LogP contribution in [0.4, 0.5) is 0 Å². The highest BCUT2D eigenvalue weighted by Gasteiger charge is 2.50. The number of hydrogen-bond donors (Lipinski definition) is 2. The molecular formula is C14H24O4. The first-order valence-corrected chi connectivity index (χ1v) is 6.62. The van der Waals surface area contributed by atoms with Crippen LogP contribution >= 0.6 is 0 Å². The van der Waals surface area contributed by atoms with Crippen LogP contribution in [0.15, 0.2) is 11.1 Å². The first kappa shape index (κ1) is 14.0. The van der Waals surface area contributed by atoms with E-state index in [2.05, 4.69) is 0 Å². The zero-order chi connectivity index (χ0) is 13.4. The summed E-state index contributed by atoms with van der Waals surface area (Å²) in [7, 11) is 3.32. The number of aliphatic hydroxyl groups excluding tert-OH is 2. The van der Waals surface area contributed by atoms with Crippen LogP contribution in [0.5, 0.6) is 0 Å². The van der Waals surface area contributed by atoms with Crippen molar-refractivity contribution in [2.45, 2.75) is 50.9 Å². The molecule has 0 aromatic rings. The number of ether oxygens (including phenoxy) is 2. The lowest BCUT2D eigenvalue weighted by atomic mass is 9.61. The minimum absolute atomic E-state index is 0.0981. The monoisotopic (exact) mass is 256 g/mol. The maximum Gasteiger partial charge on any atom is 0.168 e. The van der Waals surface area contributed by atoms with Gasteiger partial charge >= 0.3 is 0 Å². The molecule has 0 aromatic heterocycles. The molecule has 1 fully saturated rings. The maximum atomic E-state index is 9.97. The fraction of sp³-hybridized carbons (Fsp3) is 0.857. The standard InChI is InChI=1S/C14H24O4/c1-10-11-4-7-14(17-2,18-3)8-13(11,9-15)6-5-12(10)16/h12,15-16H,4-9H2,1-3H3/t12-,13-/m1/s1. The Morgan fingerprint density at radius 1 is 1.28 bits per heavy atom. The van der Waals surface area contributed by atoms with Gasteiger partial charge in [0.2, 0.25) is 0 Å². The molecule has 0 saturated heterocycles. The summed E-state index contributed by atoms with van der Waals surface area (Å²) in [4.78, 5) is 0. The topological polar surface area (TPSA) is 58.9 Å². The van der Waals surface area contributed by atoms with Crippen molar-refractivity contribution in [3.63, 3.8) is 0 Å². The van der Waals surface area contributed by atoms with Gasteiger partial charge in [0.25, 0.3) is 0 Å². The summed E-state index contributed by atoms with van der Waals surface area (Å²) in [6.07, 6.45) is 3.43. The molecule has 2 atom stereocenters. The highest BCUT2D eigenvalue weighted by Crippen LogP contribution is 2.53. The summed E-state index contributed by atoms with van der Waals surface area (Å²) in [6, 6.07) is 0. The highest BCUT2D eigenvalue weighted by molar-refractivity contribution is 5.30. The van der Waals surface area contributed by atoms with Gasteiger partial charge in [-0.1, -0.05) is 5.57 Å². The first-order chi connectivity index (χ1) is 8.52. The summed E-state index contributed by atoms with van der Waals surface area (Å²) in [5.74, 6) is -0.588. The average molecular weight is 256 g/mol. The lowest BCUT2D eigenvalue weighted by molar-refractivity contribution is -0.240. The number of hydrogen-bond acceptors (Lipinski definition) is 4. The molecule has 1 saturated carbocycles. The zero-order valence-corrected chi connectivity index (χ0v) is 11.5. The smallest absolute Gasteiger partial charge is 0.168 e. The third kappa shape index (κ3) is 2.01. The van der Waals surface area contributed by atoms with Gasteiger partial charge in [-0.15, -0.1) is 0 Å². The molecule has 0 spiro atoms. The van der Waals surface area contributed by atoms with Crippen LogP contribution in [0.2, 0.25) is 0 Å². The van der Waals surface area contributed by atoms with E-state index in [0.29, 0.717) is 12.8 Å². The van der Waals surface area contributed by atoms with E-state index in [4.69, 9.17) is 9.47 Å². The molecule has 0 heterocycles. The molecule has 0 radical (unpaired) electrons. The van der Waals surface area contributed by atoms with E-state index in [1.165, 1.54) is 5.57 Å². The normalized spacial score (nSPS) is 35.5. The van der Waals surface area contributed by atoms with Crippen LogP contribution in [-0.4, -0.2) is 42.9 Å². The third-order valence-corrected chi connectivity index (χ3v) is 4.92. The van der Waals surface area contributed by atoms with E-state index in [1.807, 2.05) is 6.92 Å². The van der Waals surface area contributed by atoms with Gasteiger partial charge in [0.15, 0.2) is 5.79 Å². The summed E-state index contributed by atoms with van der Waals surface area (Å²) >= 11 is 0. The summed E-state index contributed by atoms with van der Waals surface area (Å²) in [5, 5.41) is 19.8. The fourth-order valence-corrected chi connectivity index (χ4v) is 3.64. The largest absolute Gasteiger partial charge is 0.395 e. The van der Waals surface area contributed by atoms with Crippen molar-refractivity contribution in [2.75, 3.05) is 20.8 Å². The molecule has 0 unspecified atom stereocenters. The van der Waals surface area contributed by atoms with Crippen molar-refractivity contribution in [1.29, 1.82) is 0 Å². The molecule has 104 valence electrons. The number of methoxy groups -OCH3 is 2. The van der Waals surface area contributed by atoms with E-state index >= 15 is 0 Å². The molecule has 0 bridgehead atoms. The third-order valence-electron chi connectivity index (χ3n) is 4.92. The predicted octanol–water partition coefficient (Wildman–Crippen LogP) is 1.61. The molecule has 0 amide bonds. The second-order valence-electron chi connectivity index (χ2n) is 5.65. The van der Waals surface area contributed by atoms with Crippen LogP contribution < -0.4 is 0 Å². The van der Waals surface area contributed by atoms with Gasteiger partial charge in [-0.2, -0.15) is 0 Å². The van der Waals surface area contributed by atoms with Gasteiger partial charge < -0.3 is 19.7 Å². The van der Waals surface area contributed by atoms with Gasteiger partial charge in [0.1, 0.15) is 0 Å². The Hall–Kier alpha value is -0.420. The maximum absolute atomic E-state index is 9.97. The Bertz CT molecular complexity index is 346. The van der Waals surface area contributed by atoms with Crippen molar-refractivity contribution in [3.05, 3.63) is 11.1 Å². The Morgan fingerprint density at radius 3 is 2.50 bits per heavy atom. The summed E-state index contributed by atoms with van der Waals surface area (Å²) in [6.45, 7) is 2.08. The molecule has 0 aromatic carbocycles. The van der Waals surface area contributed by atoms with Crippen LogP contribution in [0, 0.1) is 5.41 Å². The first-order valence-electron chi connectivity index (χ1n) is 6.62. The van der Waals surface area contributed by atoms with Gasteiger partial charge in [0, 0.05) is 32.5 Å². The van der Waals surface area contributed by atoms with Crippen LogP contribution in [0.3, 0.4) is 0 Å². The van der Waals surface area contributed by atoms with Gasteiger partial charge in [0.05, 0.1) is 12.7 Å². The van der Waals surface area contributed by atoms with Crippen molar-refractivity contribution < 1.29 is 19.7 Å². The second kappa shape index (κ2) is 4.93. The average Bonchev–Trinajstić information content (AvgIpc) is 2.42. The SMILES string of the molecule is COC1(OC)CCC2=C(C)[C@H](O)CC[C@]2(CO)C1. The lowest BCUT2D eigenvalue weighted by Crippen LogP contribution is -2.49. The molecule has 2 aliphatic carbocycles. The van der Waals surface area contributed by atoms with Crippen LogP contribution in [0.1, 0.15) is 39.0 Å². The number of aliphatic hydroxyl groups is 2. The summed E-state index contributed by atoms with van der Waals surface area (Å²) < 4.78 is 11.1. The van der Waals surface area contributed by atoms with E-state index in [-0.39, 0.29) is 18.1 Å². The van der Waals surface area contributed by atoms with E-state index in [9.17, 15) is 10.2 Å². The van der Waals surface area contributed by atoms with Crippen molar-refractivity contribution >= 4 is 0 Å². The Morgan fingerprint density at radius 2 is 1.94 bits per heavy atom. The van der Waals surface area contributed by atoms with Crippen molar-refractivity contribution in [3.8, 4) is 0 Å². The fourth-order valence-electron chi connectivity index (χ4n) is 3.64. The Kier molecular flexibility index (Phi) is 3.83. The molecule has 4 heteroatoms. The van der Waals surface area contributed by atoms with Gasteiger partial charge in [-0.3, -0.25) is 0 Å². The second-order valence-corrected chi connectivity index (χ2v) is 5.65. The quantitative estimate of drug-likeness (QED) is 0.595. The minimum Gasteiger partial charge on any atom is -0.395 e. The van der Waals surface area contributed by atoms with Crippen molar-refractivity contribution in [1.82, 2.24) is 0 Å². The van der Waals surface area contributed by atoms with Gasteiger partial charge in [-0.25, -0.2) is 0 Å². The molecular weight excluding hydrogens is 232 g/mol. The number of fused-ring (bicyclic) bond motifs is 1. The molecule has 0 aliphatic heterocycles. The molecule has 4 nitrogen and oxygen atoms in total.